The zero-order valence-electron chi connectivity index (χ0n) is 9.56. The fourth-order valence-electron chi connectivity index (χ4n) is 2.06. The van der Waals surface area contributed by atoms with E-state index in [0.717, 1.165) is 12.8 Å². The van der Waals surface area contributed by atoms with E-state index in [2.05, 4.69) is 10.3 Å². The first kappa shape index (κ1) is 10.9. The maximum atomic E-state index is 11.6. The third-order valence-electron chi connectivity index (χ3n) is 3.35. The second-order valence-electron chi connectivity index (χ2n) is 4.00. The summed E-state index contributed by atoms with van der Waals surface area (Å²) in [5.74, 6) is 0.636. The van der Waals surface area contributed by atoms with Gasteiger partial charge >= 0.3 is 0 Å². The Labute approximate surface area is 95.0 Å². The number of carbonyl (C=O) groups is 1. The van der Waals surface area contributed by atoms with E-state index in [0.29, 0.717) is 5.88 Å². The van der Waals surface area contributed by atoms with Crippen LogP contribution in [0.5, 0.6) is 5.88 Å². The molecule has 1 aliphatic heterocycles. The topological polar surface area (TPSA) is 51.2 Å². The fourth-order valence-corrected chi connectivity index (χ4v) is 2.06. The highest BCUT2D eigenvalue weighted by atomic mass is 16.5. The van der Waals surface area contributed by atoms with Gasteiger partial charge in [-0.15, -0.1) is 0 Å². The molecule has 2 heterocycles. The SMILES string of the molecule is CCC1(CC)C(=O)NC1Oc1ccccn1. The standard InChI is InChI=1S/C12H16N2O2/c1-3-12(4-2)10(15)14-11(12)16-9-7-5-6-8-13-9/h5-8,11H,3-4H2,1-2H3,(H,14,15). The number of β-lactam (4-membered cyclic amide) rings is 1. The summed E-state index contributed by atoms with van der Waals surface area (Å²) in [6, 6.07) is 5.49. The van der Waals surface area contributed by atoms with Crippen molar-refractivity contribution in [3.8, 4) is 5.88 Å². The molecule has 1 aromatic rings. The van der Waals surface area contributed by atoms with Gasteiger partial charge in [0.1, 0.15) is 5.41 Å². The molecule has 1 aliphatic rings. The van der Waals surface area contributed by atoms with Gasteiger partial charge in [-0.2, -0.15) is 0 Å². The Morgan fingerprint density at radius 3 is 2.69 bits per heavy atom. The van der Waals surface area contributed by atoms with Crippen LogP contribution in [0.3, 0.4) is 0 Å². The minimum Gasteiger partial charge on any atom is -0.453 e. The van der Waals surface area contributed by atoms with Crippen LogP contribution < -0.4 is 10.1 Å². The molecule has 0 aliphatic carbocycles. The lowest BCUT2D eigenvalue weighted by Gasteiger charge is -2.46. The number of pyridine rings is 1. The van der Waals surface area contributed by atoms with E-state index in [4.69, 9.17) is 4.74 Å². The quantitative estimate of drug-likeness (QED) is 0.786. The van der Waals surface area contributed by atoms with Crippen LogP contribution in [0.2, 0.25) is 0 Å². The van der Waals surface area contributed by atoms with Crippen molar-refractivity contribution in [3.63, 3.8) is 0 Å². The van der Waals surface area contributed by atoms with Crippen molar-refractivity contribution in [1.82, 2.24) is 10.3 Å². The molecule has 1 N–H and O–H groups in total. The summed E-state index contributed by atoms with van der Waals surface area (Å²) < 4.78 is 5.68. The summed E-state index contributed by atoms with van der Waals surface area (Å²) in [5.41, 5.74) is -0.377. The number of hydrogen-bond donors (Lipinski definition) is 1. The minimum atomic E-state index is -0.377. The zero-order valence-corrected chi connectivity index (χ0v) is 9.56. The highest BCUT2D eigenvalue weighted by molar-refractivity contribution is 5.89. The summed E-state index contributed by atoms with van der Waals surface area (Å²) in [4.78, 5) is 15.7. The molecule has 1 saturated heterocycles. The normalized spacial score (nSPS) is 22.1. The molecular weight excluding hydrogens is 204 g/mol. The number of carbonyl (C=O) groups excluding carboxylic acids is 1. The predicted molar refractivity (Wildman–Crippen MR) is 59.8 cm³/mol. The third-order valence-corrected chi connectivity index (χ3v) is 3.35. The van der Waals surface area contributed by atoms with E-state index in [1.807, 2.05) is 26.0 Å². The lowest BCUT2D eigenvalue weighted by molar-refractivity contribution is -0.162. The van der Waals surface area contributed by atoms with Crippen molar-refractivity contribution in [2.45, 2.75) is 32.9 Å². The van der Waals surface area contributed by atoms with Crippen molar-refractivity contribution >= 4 is 5.91 Å². The van der Waals surface area contributed by atoms with Crippen molar-refractivity contribution < 1.29 is 9.53 Å². The number of ether oxygens (including phenoxy) is 1. The number of nitrogens with zero attached hydrogens (tertiary/aromatic N) is 1. The zero-order chi connectivity index (χ0) is 11.6. The van der Waals surface area contributed by atoms with Gasteiger partial charge in [0.2, 0.25) is 11.8 Å². The molecule has 86 valence electrons. The summed E-state index contributed by atoms with van der Waals surface area (Å²) in [5, 5.41) is 2.78. The molecule has 1 atom stereocenters. The lowest BCUT2D eigenvalue weighted by Crippen LogP contribution is -2.69. The predicted octanol–water partition coefficient (Wildman–Crippen LogP) is 1.72. The Morgan fingerprint density at radius 1 is 1.44 bits per heavy atom. The largest absolute Gasteiger partial charge is 0.453 e. The minimum absolute atomic E-state index is 0.0819. The first-order chi connectivity index (χ1) is 7.73. The van der Waals surface area contributed by atoms with Gasteiger partial charge in [0.25, 0.3) is 0 Å². The summed E-state index contributed by atoms with van der Waals surface area (Å²) in [6.07, 6.45) is 3.00. The monoisotopic (exact) mass is 220 g/mol. The van der Waals surface area contributed by atoms with Gasteiger partial charge in [-0.25, -0.2) is 4.98 Å². The number of rotatable bonds is 4. The molecule has 1 fully saturated rings. The van der Waals surface area contributed by atoms with E-state index in [-0.39, 0.29) is 17.6 Å². The van der Waals surface area contributed by atoms with E-state index >= 15 is 0 Å². The molecule has 1 aromatic heterocycles. The molecule has 0 bridgehead atoms. The highest BCUT2D eigenvalue weighted by Crippen LogP contribution is 2.38. The average molecular weight is 220 g/mol. The van der Waals surface area contributed by atoms with Crippen LogP contribution in [-0.4, -0.2) is 17.1 Å². The fraction of sp³-hybridized carbons (Fsp3) is 0.500. The van der Waals surface area contributed by atoms with Gasteiger partial charge in [0, 0.05) is 12.3 Å². The first-order valence-corrected chi connectivity index (χ1v) is 5.61. The molecule has 2 rings (SSSR count). The molecule has 0 radical (unpaired) electrons. The van der Waals surface area contributed by atoms with Crippen molar-refractivity contribution in [1.29, 1.82) is 0 Å². The van der Waals surface area contributed by atoms with Crippen LogP contribution >= 0.6 is 0 Å². The molecule has 1 amide bonds. The molecule has 4 nitrogen and oxygen atoms in total. The van der Waals surface area contributed by atoms with Crippen LogP contribution in [0.1, 0.15) is 26.7 Å². The summed E-state index contributed by atoms with van der Waals surface area (Å²) in [7, 11) is 0. The molecule has 4 heteroatoms. The van der Waals surface area contributed by atoms with Gasteiger partial charge in [-0.3, -0.25) is 4.79 Å². The molecular formula is C12H16N2O2. The Morgan fingerprint density at radius 2 is 2.19 bits per heavy atom. The molecule has 1 unspecified atom stereocenters. The Kier molecular flexibility index (Phi) is 2.81. The van der Waals surface area contributed by atoms with Gasteiger partial charge in [-0.05, 0) is 18.9 Å². The Hall–Kier alpha value is -1.58. The maximum absolute atomic E-state index is 11.6. The van der Waals surface area contributed by atoms with E-state index in [1.165, 1.54) is 0 Å². The van der Waals surface area contributed by atoms with Gasteiger partial charge in [0.05, 0.1) is 0 Å². The van der Waals surface area contributed by atoms with E-state index < -0.39 is 0 Å². The smallest absolute Gasteiger partial charge is 0.234 e. The van der Waals surface area contributed by atoms with Crippen molar-refractivity contribution in [2.75, 3.05) is 0 Å². The number of amides is 1. The molecule has 0 aromatic carbocycles. The third kappa shape index (κ3) is 1.54. The second-order valence-corrected chi connectivity index (χ2v) is 4.00. The first-order valence-electron chi connectivity index (χ1n) is 5.61. The Bertz CT molecular complexity index is 374. The molecule has 0 saturated carbocycles. The second kappa shape index (κ2) is 4.12. The summed E-state index contributed by atoms with van der Waals surface area (Å²) >= 11 is 0. The molecule has 0 spiro atoms. The lowest BCUT2D eigenvalue weighted by atomic mass is 9.73. The average Bonchev–Trinajstić information content (AvgIpc) is 2.32. The van der Waals surface area contributed by atoms with Crippen LogP contribution in [0.4, 0.5) is 0 Å². The van der Waals surface area contributed by atoms with Gasteiger partial charge < -0.3 is 10.1 Å². The summed E-state index contributed by atoms with van der Waals surface area (Å²) in [6.45, 7) is 4.02. The van der Waals surface area contributed by atoms with Crippen molar-refractivity contribution in [3.05, 3.63) is 24.4 Å². The van der Waals surface area contributed by atoms with Crippen LogP contribution in [-0.2, 0) is 4.79 Å². The van der Waals surface area contributed by atoms with E-state index in [9.17, 15) is 4.79 Å². The van der Waals surface area contributed by atoms with Crippen molar-refractivity contribution in [2.24, 2.45) is 5.41 Å². The Balaban J connectivity index is 2.10. The highest BCUT2D eigenvalue weighted by Gasteiger charge is 2.54. The number of aromatic nitrogens is 1. The van der Waals surface area contributed by atoms with Crippen LogP contribution in [0.15, 0.2) is 24.4 Å². The molecule has 16 heavy (non-hydrogen) atoms. The van der Waals surface area contributed by atoms with Gasteiger partial charge in [-0.1, -0.05) is 19.9 Å². The number of hydrogen-bond acceptors (Lipinski definition) is 3. The van der Waals surface area contributed by atoms with E-state index in [1.54, 1.807) is 12.3 Å². The number of nitrogens with one attached hydrogen (secondary N) is 1. The van der Waals surface area contributed by atoms with Crippen LogP contribution in [0.25, 0.3) is 0 Å². The van der Waals surface area contributed by atoms with Crippen LogP contribution in [0, 0.1) is 5.41 Å². The maximum Gasteiger partial charge on any atom is 0.234 e. The van der Waals surface area contributed by atoms with Gasteiger partial charge in [0.15, 0.2) is 6.23 Å².